The van der Waals surface area contributed by atoms with E-state index in [1.54, 1.807) is 31.4 Å². The molecule has 0 amide bonds. The van der Waals surface area contributed by atoms with Crippen LogP contribution < -0.4 is 5.43 Å². The summed E-state index contributed by atoms with van der Waals surface area (Å²) in [4.78, 5) is 12.2. The van der Waals surface area contributed by atoms with E-state index < -0.39 is 11.6 Å². The largest absolute Gasteiger partial charge is 0.463 e. The molecule has 3 aromatic rings. The van der Waals surface area contributed by atoms with E-state index in [9.17, 15) is 13.6 Å². The van der Waals surface area contributed by atoms with E-state index in [0.717, 1.165) is 12.1 Å². The smallest absolute Gasteiger partial charge is 0.200 e. The number of rotatable bonds is 2. The average molecular weight is 448 g/mol. The van der Waals surface area contributed by atoms with Crippen LogP contribution in [-0.2, 0) is 4.52 Å². The van der Waals surface area contributed by atoms with Crippen LogP contribution in [-0.4, -0.2) is 7.11 Å². The van der Waals surface area contributed by atoms with Crippen LogP contribution in [0, 0.1) is 11.6 Å². The Balaban J connectivity index is 0.000000433. The molecule has 0 spiro atoms. The quantitative estimate of drug-likeness (QED) is 0.394. The molecule has 23 heavy (non-hydrogen) atoms. The van der Waals surface area contributed by atoms with Crippen LogP contribution in [0.4, 0.5) is 8.78 Å². The zero-order valence-corrected chi connectivity index (χ0v) is 15.1. The van der Waals surface area contributed by atoms with Gasteiger partial charge in [-0.15, -0.1) is 0 Å². The van der Waals surface area contributed by atoms with E-state index in [1.165, 1.54) is 12.3 Å². The Kier molecular flexibility index (Phi) is 6.62. The van der Waals surface area contributed by atoms with Crippen molar-refractivity contribution in [3.05, 3.63) is 70.6 Å². The Morgan fingerprint density at radius 1 is 1.13 bits per heavy atom. The molecule has 0 bridgehead atoms. The van der Waals surface area contributed by atoms with Crippen LogP contribution in [0.5, 0.6) is 0 Å². The van der Waals surface area contributed by atoms with E-state index in [1.807, 2.05) is 0 Å². The summed E-state index contributed by atoms with van der Waals surface area (Å²) >= 11 is 2.16. The summed E-state index contributed by atoms with van der Waals surface area (Å²) in [6, 6.07) is 9.77. The fourth-order valence-electron chi connectivity index (χ4n) is 1.97. The van der Waals surface area contributed by atoms with Gasteiger partial charge in [-0.1, -0.05) is 12.1 Å². The molecule has 0 aliphatic heterocycles. The van der Waals surface area contributed by atoms with Gasteiger partial charge in [0, 0.05) is 18.7 Å². The Hall–Kier alpha value is -1.37. The first-order valence-electron chi connectivity index (χ1n) is 6.43. The summed E-state index contributed by atoms with van der Waals surface area (Å²) < 4.78 is 36.4. The first-order chi connectivity index (χ1) is 11.1. The number of fused-ring (bicyclic) bond motifs is 1. The molecule has 1 atom stereocenters. The molecule has 3 rings (SSSR count). The highest BCUT2D eigenvalue weighted by atomic mass is 127. The minimum absolute atomic E-state index is 0.0286. The Bertz CT molecular complexity index is 865. The first kappa shape index (κ1) is 18.0. The predicted octanol–water partition coefficient (Wildman–Crippen LogP) is 5.31. The third-order valence-electron chi connectivity index (χ3n) is 2.98. The molecule has 0 aliphatic carbocycles. The van der Waals surface area contributed by atoms with Crippen molar-refractivity contribution in [3.8, 4) is 11.1 Å². The lowest BCUT2D eigenvalue weighted by Gasteiger charge is -2.04. The SMILES string of the molecule is COPI.O=c1c(-c2ccc(F)cc2F)coc2ccccc12. The number of hydrogen-bond acceptors (Lipinski definition) is 3. The van der Waals surface area contributed by atoms with E-state index in [0.29, 0.717) is 17.4 Å². The molecule has 0 N–H and O–H groups in total. The lowest BCUT2D eigenvalue weighted by atomic mass is 10.1. The van der Waals surface area contributed by atoms with Crippen molar-refractivity contribution in [2.45, 2.75) is 0 Å². The molecular weight excluding hydrogens is 436 g/mol. The fraction of sp³-hybridized carbons (Fsp3) is 0.0625. The van der Waals surface area contributed by atoms with Crippen molar-refractivity contribution >= 4 is 39.5 Å². The van der Waals surface area contributed by atoms with E-state index >= 15 is 0 Å². The predicted molar refractivity (Wildman–Crippen MR) is 97.2 cm³/mol. The Morgan fingerprint density at radius 2 is 1.83 bits per heavy atom. The van der Waals surface area contributed by atoms with Crippen LogP contribution in [0.1, 0.15) is 0 Å². The molecule has 120 valence electrons. The maximum atomic E-state index is 13.7. The number of para-hydroxylation sites is 1. The second-order valence-electron chi connectivity index (χ2n) is 4.38. The molecular formula is C16H12F2IO3P. The standard InChI is InChI=1S/C15H8F2O2.CH4IOP/c16-9-5-6-10(13(17)7-9)12-8-19-14-4-2-1-3-11(14)15(12)18;1-3-4-2/h1-8H;4H,1H3. The summed E-state index contributed by atoms with van der Waals surface area (Å²) in [6.45, 7) is 0.610. The van der Waals surface area contributed by atoms with E-state index in [4.69, 9.17) is 4.42 Å². The van der Waals surface area contributed by atoms with Crippen molar-refractivity contribution in [2.75, 3.05) is 7.11 Å². The van der Waals surface area contributed by atoms with Crippen LogP contribution in [0.25, 0.3) is 22.1 Å². The summed E-state index contributed by atoms with van der Waals surface area (Å²) in [5, 5.41) is 0.365. The van der Waals surface area contributed by atoms with Crippen LogP contribution in [0.3, 0.4) is 0 Å². The lowest BCUT2D eigenvalue weighted by molar-refractivity contribution is 0.487. The molecule has 1 aromatic heterocycles. The molecule has 0 saturated heterocycles. The zero-order valence-electron chi connectivity index (χ0n) is 12.0. The maximum absolute atomic E-state index is 13.7. The highest BCUT2D eigenvalue weighted by Crippen LogP contribution is 2.23. The minimum Gasteiger partial charge on any atom is -0.463 e. The van der Waals surface area contributed by atoms with Crippen LogP contribution in [0.15, 0.2) is 57.9 Å². The monoisotopic (exact) mass is 448 g/mol. The van der Waals surface area contributed by atoms with Crippen molar-refractivity contribution in [3.63, 3.8) is 0 Å². The molecule has 3 nitrogen and oxygen atoms in total. The van der Waals surface area contributed by atoms with Crippen molar-refractivity contribution in [2.24, 2.45) is 0 Å². The van der Waals surface area contributed by atoms with Gasteiger partial charge in [0.1, 0.15) is 23.5 Å². The van der Waals surface area contributed by atoms with Gasteiger partial charge in [0.2, 0.25) is 5.43 Å². The Labute approximate surface area is 146 Å². The van der Waals surface area contributed by atoms with Gasteiger partial charge in [-0.3, -0.25) is 4.79 Å². The van der Waals surface area contributed by atoms with Gasteiger partial charge in [-0.25, -0.2) is 8.78 Å². The van der Waals surface area contributed by atoms with Gasteiger partial charge in [0.15, 0.2) is 0 Å². The lowest BCUT2D eigenvalue weighted by Crippen LogP contribution is -2.05. The van der Waals surface area contributed by atoms with E-state index in [-0.39, 0.29) is 16.6 Å². The minimum atomic E-state index is -0.789. The molecule has 0 saturated carbocycles. The van der Waals surface area contributed by atoms with Crippen molar-refractivity contribution in [1.82, 2.24) is 0 Å². The zero-order chi connectivity index (χ0) is 16.8. The molecule has 0 fully saturated rings. The molecule has 2 aromatic carbocycles. The van der Waals surface area contributed by atoms with Gasteiger partial charge in [-0.2, -0.15) is 0 Å². The van der Waals surface area contributed by atoms with Gasteiger partial charge in [0.05, 0.1) is 17.4 Å². The normalized spacial score (nSPS) is 10.8. The second-order valence-corrected chi connectivity index (χ2v) is 6.26. The first-order valence-corrected chi connectivity index (χ1v) is 10.4. The van der Waals surface area contributed by atoms with Gasteiger partial charge < -0.3 is 8.94 Å². The molecule has 7 heteroatoms. The Morgan fingerprint density at radius 3 is 2.48 bits per heavy atom. The summed E-state index contributed by atoms with van der Waals surface area (Å²) in [5.41, 5.74) is 0.197. The summed E-state index contributed by atoms with van der Waals surface area (Å²) in [7, 11) is 1.69. The molecule has 1 unspecified atom stereocenters. The van der Waals surface area contributed by atoms with Crippen LogP contribution in [0.2, 0.25) is 0 Å². The molecule has 1 heterocycles. The maximum Gasteiger partial charge on any atom is 0.200 e. The summed E-state index contributed by atoms with van der Waals surface area (Å²) in [6.07, 6.45) is 1.20. The molecule has 0 aliphatic rings. The number of benzene rings is 2. The van der Waals surface area contributed by atoms with Gasteiger partial charge in [0.25, 0.3) is 0 Å². The van der Waals surface area contributed by atoms with Crippen molar-refractivity contribution in [1.29, 1.82) is 0 Å². The highest BCUT2D eigenvalue weighted by molar-refractivity contribution is 14.2. The average Bonchev–Trinajstić information content (AvgIpc) is 2.56. The van der Waals surface area contributed by atoms with Gasteiger partial charge in [-0.05, 0) is 46.3 Å². The van der Waals surface area contributed by atoms with Crippen molar-refractivity contribution < 1.29 is 17.7 Å². The van der Waals surface area contributed by atoms with E-state index in [2.05, 4.69) is 26.6 Å². The third-order valence-corrected chi connectivity index (χ3v) is 4.45. The fourth-order valence-corrected chi connectivity index (χ4v) is 1.97. The number of hydrogen-bond donors (Lipinski definition) is 0. The van der Waals surface area contributed by atoms with Crippen LogP contribution >= 0.6 is 28.5 Å². The second kappa shape index (κ2) is 8.47. The topological polar surface area (TPSA) is 39.4 Å². The molecule has 0 radical (unpaired) electrons. The third kappa shape index (κ3) is 4.34. The van der Waals surface area contributed by atoms with Gasteiger partial charge >= 0.3 is 0 Å². The number of halogens is 3. The summed E-state index contributed by atoms with van der Waals surface area (Å²) in [5.74, 6) is -1.48. The highest BCUT2D eigenvalue weighted by Gasteiger charge is 2.13.